The van der Waals surface area contributed by atoms with Crippen LogP contribution in [0.15, 0.2) is 30.3 Å². The fourth-order valence-electron chi connectivity index (χ4n) is 2.98. The third-order valence-electron chi connectivity index (χ3n) is 4.13. The Kier molecular flexibility index (Phi) is 5.20. The van der Waals surface area contributed by atoms with Crippen LogP contribution in [0.25, 0.3) is 10.8 Å². The van der Waals surface area contributed by atoms with E-state index in [0.29, 0.717) is 28.1 Å². The van der Waals surface area contributed by atoms with Crippen LogP contribution in [0.2, 0.25) is 10.3 Å². The zero-order chi connectivity index (χ0) is 17.1. The average molecular weight is 406 g/mol. The van der Waals surface area contributed by atoms with Crippen molar-refractivity contribution in [3.05, 3.63) is 46.5 Å². The number of rotatable bonds is 6. The molecule has 24 heavy (non-hydrogen) atoms. The average Bonchev–Trinajstić information content (AvgIpc) is 2.59. The van der Waals surface area contributed by atoms with Gasteiger partial charge in [0.25, 0.3) is 0 Å². The van der Waals surface area contributed by atoms with Gasteiger partial charge in [-0.3, -0.25) is 0 Å². The van der Waals surface area contributed by atoms with Gasteiger partial charge in [0.1, 0.15) is 0 Å². The summed E-state index contributed by atoms with van der Waals surface area (Å²) in [7, 11) is 0. The molecule has 2 aromatic carbocycles. The normalized spacial score (nSPS) is 13.4. The summed E-state index contributed by atoms with van der Waals surface area (Å²) in [6.45, 7) is 0.412. The molecular weight excluding hydrogens is 391 g/mol. The number of hydrogen-bond acceptors (Lipinski definition) is 3. The number of halogens is 1. The number of amides is 2. The molecule has 0 saturated heterocycles. The Morgan fingerprint density at radius 2 is 1.79 bits per heavy atom. The van der Waals surface area contributed by atoms with Crippen molar-refractivity contribution >= 4 is 49.1 Å². The van der Waals surface area contributed by atoms with Gasteiger partial charge in [0.05, 0.1) is 0 Å². The quantitative estimate of drug-likeness (QED) is 0.416. The van der Waals surface area contributed by atoms with Gasteiger partial charge in [-0.2, -0.15) is 0 Å². The van der Waals surface area contributed by atoms with E-state index in [1.807, 2.05) is 6.07 Å². The molecule has 0 fully saturated rings. The van der Waals surface area contributed by atoms with Crippen LogP contribution >= 0.6 is 11.6 Å². The molecule has 0 unspecified atom stereocenters. The van der Waals surface area contributed by atoms with Crippen molar-refractivity contribution in [2.75, 3.05) is 6.54 Å². The fraction of sp³-hybridized carbons (Fsp3) is 0.278. The number of unbranched alkanes of at least 4 members (excludes halogenated alkanes) is 2. The number of benzene rings is 2. The van der Waals surface area contributed by atoms with Gasteiger partial charge in [0.2, 0.25) is 0 Å². The number of imide groups is 1. The van der Waals surface area contributed by atoms with E-state index in [1.54, 1.807) is 24.3 Å². The second kappa shape index (κ2) is 7.36. The first-order chi connectivity index (χ1) is 11.6. The molecule has 1 aliphatic heterocycles. The minimum absolute atomic E-state index is 0.0462. The zero-order valence-electron chi connectivity index (χ0n) is 12.9. The van der Waals surface area contributed by atoms with Crippen LogP contribution in [0.4, 0.5) is 0 Å². The molecule has 1 aliphatic rings. The van der Waals surface area contributed by atoms with E-state index in [1.165, 1.54) is 4.90 Å². The van der Waals surface area contributed by atoms with E-state index >= 15 is 0 Å². The summed E-state index contributed by atoms with van der Waals surface area (Å²) in [5.74, 6) is -0.497. The topological polar surface area (TPSA) is 61.2 Å². The molecule has 0 aliphatic carbocycles. The number of hydrogen-bond donors (Lipinski definition) is 0. The number of carbonyl (C=O) groups excluding carboxylic acids is 2. The standard InChI is InChI=1S/C18H15ClN2O2Se/c19-15-8-7-14-16-12(15)5-4-6-13(16)17(22)21(18(14)23)9-2-1-3-10-24-11-20/h4-8H,1-3,9-10H2. The third-order valence-corrected chi connectivity index (χ3v) is 5.77. The van der Waals surface area contributed by atoms with Crippen LogP contribution in [0.1, 0.15) is 40.0 Å². The van der Waals surface area contributed by atoms with Gasteiger partial charge >= 0.3 is 151 Å². The monoisotopic (exact) mass is 406 g/mol. The molecule has 0 radical (unpaired) electrons. The fourth-order valence-corrected chi connectivity index (χ4v) is 4.12. The molecule has 122 valence electrons. The molecule has 0 aromatic heterocycles. The number of nitriles is 1. The summed E-state index contributed by atoms with van der Waals surface area (Å²) >= 11 is 6.25. The van der Waals surface area contributed by atoms with Crippen molar-refractivity contribution in [3.63, 3.8) is 0 Å². The van der Waals surface area contributed by atoms with Gasteiger partial charge in [-0.15, -0.1) is 0 Å². The van der Waals surface area contributed by atoms with E-state index in [2.05, 4.69) is 4.97 Å². The number of carbonyl (C=O) groups is 2. The second-order valence-electron chi connectivity index (χ2n) is 5.59. The Labute approximate surface area is 151 Å². The van der Waals surface area contributed by atoms with Crippen molar-refractivity contribution in [3.8, 4) is 4.97 Å². The van der Waals surface area contributed by atoms with Crippen molar-refractivity contribution in [2.45, 2.75) is 24.6 Å². The molecule has 3 rings (SSSR count). The summed E-state index contributed by atoms with van der Waals surface area (Å²) in [4.78, 5) is 28.9. The first kappa shape index (κ1) is 17.0. The molecule has 4 nitrogen and oxygen atoms in total. The van der Waals surface area contributed by atoms with Crippen LogP contribution in [0.5, 0.6) is 0 Å². The van der Waals surface area contributed by atoms with Crippen LogP contribution in [-0.2, 0) is 0 Å². The summed E-state index contributed by atoms with van der Waals surface area (Å²) in [6.07, 6.45) is 2.64. The van der Waals surface area contributed by atoms with Crippen LogP contribution in [-0.4, -0.2) is 38.2 Å². The van der Waals surface area contributed by atoms with Gasteiger partial charge < -0.3 is 0 Å². The molecule has 0 bridgehead atoms. The molecule has 0 N–H and O–H groups in total. The maximum atomic E-state index is 12.7. The molecule has 2 aromatic rings. The molecule has 0 atom stereocenters. The molecule has 6 heteroatoms. The first-order valence-electron chi connectivity index (χ1n) is 7.73. The van der Waals surface area contributed by atoms with Gasteiger partial charge in [-0.1, -0.05) is 0 Å². The van der Waals surface area contributed by atoms with E-state index in [-0.39, 0.29) is 26.8 Å². The predicted octanol–water partition coefficient (Wildman–Crippen LogP) is 3.86. The Balaban J connectivity index is 1.81. The van der Waals surface area contributed by atoms with Crippen molar-refractivity contribution in [1.29, 1.82) is 5.26 Å². The molecule has 2 amide bonds. The second-order valence-corrected chi connectivity index (χ2v) is 7.84. The summed E-state index contributed by atoms with van der Waals surface area (Å²) in [6, 6.07) is 8.78. The SMILES string of the molecule is N#C[Se]CCCCCN1C(=O)c2cccc3c(Cl)ccc(c23)C1=O. The Hall–Kier alpha value is -1.86. The third kappa shape index (κ3) is 3.06. The first-order valence-corrected chi connectivity index (χ1v) is 10.2. The Morgan fingerprint density at radius 3 is 2.54 bits per heavy atom. The van der Waals surface area contributed by atoms with Crippen LogP contribution in [0, 0.1) is 10.2 Å². The minimum atomic E-state index is -0.249. The maximum absolute atomic E-state index is 12.7. The van der Waals surface area contributed by atoms with Crippen LogP contribution < -0.4 is 0 Å². The van der Waals surface area contributed by atoms with Gasteiger partial charge in [0, 0.05) is 0 Å². The Morgan fingerprint density at radius 1 is 1.04 bits per heavy atom. The summed E-state index contributed by atoms with van der Waals surface area (Å²) < 4.78 is 0. The summed E-state index contributed by atoms with van der Waals surface area (Å²) in [5, 5.41) is 11.4. The van der Waals surface area contributed by atoms with Crippen molar-refractivity contribution < 1.29 is 9.59 Å². The number of nitrogens with zero attached hydrogens (tertiary/aromatic N) is 2. The van der Waals surface area contributed by atoms with E-state index in [9.17, 15) is 9.59 Å². The molecule has 0 saturated carbocycles. The molecular formula is C18H15ClN2O2Se. The van der Waals surface area contributed by atoms with Gasteiger partial charge in [0.15, 0.2) is 0 Å². The molecule has 0 spiro atoms. The van der Waals surface area contributed by atoms with E-state index < -0.39 is 0 Å². The Bertz CT molecular complexity index is 838. The van der Waals surface area contributed by atoms with Gasteiger partial charge in [-0.25, -0.2) is 0 Å². The molecule has 1 heterocycles. The van der Waals surface area contributed by atoms with E-state index in [4.69, 9.17) is 16.9 Å². The van der Waals surface area contributed by atoms with E-state index in [0.717, 1.165) is 30.0 Å². The predicted molar refractivity (Wildman–Crippen MR) is 94.4 cm³/mol. The zero-order valence-corrected chi connectivity index (χ0v) is 15.4. The summed E-state index contributed by atoms with van der Waals surface area (Å²) in [5.41, 5.74) is 1.08. The van der Waals surface area contributed by atoms with Crippen molar-refractivity contribution in [1.82, 2.24) is 4.90 Å². The van der Waals surface area contributed by atoms with Crippen LogP contribution in [0.3, 0.4) is 0 Å². The van der Waals surface area contributed by atoms with Gasteiger partial charge in [-0.05, 0) is 0 Å². The van der Waals surface area contributed by atoms with Crippen molar-refractivity contribution in [2.24, 2.45) is 0 Å².